The molecule has 4 fully saturated rings. The van der Waals surface area contributed by atoms with Crippen LogP contribution in [0.15, 0.2) is 54.6 Å². The second kappa shape index (κ2) is 11.6. The number of nitrogens with zero attached hydrogens (tertiary/aromatic N) is 4. The number of para-hydroxylation sites is 2. The predicted molar refractivity (Wildman–Crippen MR) is 166 cm³/mol. The van der Waals surface area contributed by atoms with Gasteiger partial charge < -0.3 is 9.47 Å². The zero-order valence-electron chi connectivity index (χ0n) is 25.2. The van der Waals surface area contributed by atoms with E-state index in [2.05, 4.69) is 75.9 Å². The molecule has 7 rings (SSSR count). The second-order valence-electron chi connectivity index (χ2n) is 13.7. The smallest absolute Gasteiger partial charge is 0.223 e. The van der Waals surface area contributed by atoms with Crippen LogP contribution < -0.4 is 0 Å². The van der Waals surface area contributed by atoms with E-state index >= 15 is 0 Å². The Labute approximate surface area is 250 Å². The lowest BCUT2D eigenvalue weighted by molar-refractivity contribution is -0.137. The molecule has 2 bridgehead atoms. The summed E-state index contributed by atoms with van der Waals surface area (Å²) in [6.45, 7) is 4.90. The van der Waals surface area contributed by atoms with Gasteiger partial charge in [0.25, 0.3) is 0 Å². The van der Waals surface area contributed by atoms with Crippen LogP contribution in [-0.4, -0.2) is 62.8 Å². The van der Waals surface area contributed by atoms with Crippen molar-refractivity contribution in [2.75, 3.05) is 19.6 Å². The number of likely N-dealkylation sites (tertiary alicyclic amines) is 1. The summed E-state index contributed by atoms with van der Waals surface area (Å²) < 4.78 is 2.52. The van der Waals surface area contributed by atoms with Gasteiger partial charge in [-0.05, 0) is 94.4 Å². The van der Waals surface area contributed by atoms with Crippen molar-refractivity contribution in [3.63, 3.8) is 0 Å². The zero-order valence-corrected chi connectivity index (χ0v) is 25.2. The fourth-order valence-corrected chi connectivity index (χ4v) is 9.06. The van der Waals surface area contributed by atoms with E-state index in [9.17, 15) is 9.59 Å². The van der Waals surface area contributed by atoms with Gasteiger partial charge in [-0.1, -0.05) is 48.9 Å². The number of imidazole rings is 1. The number of aryl methyl sites for hydroxylation is 1. The number of carbonyl (C=O) groups is 2. The SMILES string of the molecule is Cc1nc2ccccc2n1C1C[C@H]2CC[C@@H](C1)N2CCC1(c2ccccc2)CCN(C(=O)CC2CCCCC2=O)CC1. The minimum atomic E-state index is -0.0467. The first kappa shape index (κ1) is 27.8. The van der Waals surface area contributed by atoms with Crippen molar-refractivity contribution in [2.24, 2.45) is 5.92 Å². The van der Waals surface area contributed by atoms with Crippen LogP contribution in [0.1, 0.15) is 94.5 Å². The number of benzene rings is 2. The quantitative estimate of drug-likeness (QED) is 0.323. The van der Waals surface area contributed by atoms with E-state index in [1.54, 1.807) is 0 Å². The van der Waals surface area contributed by atoms with Crippen molar-refractivity contribution in [1.82, 2.24) is 19.4 Å². The lowest BCUT2D eigenvalue weighted by Gasteiger charge is -2.46. The maximum atomic E-state index is 13.3. The molecule has 6 nitrogen and oxygen atoms in total. The van der Waals surface area contributed by atoms with E-state index < -0.39 is 0 Å². The van der Waals surface area contributed by atoms with Crippen molar-refractivity contribution in [3.8, 4) is 0 Å². The molecular formula is C36H46N4O2. The minimum absolute atomic E-state index is 0.0467. The number of ketones is 1. The molecule has 1 aliphatic carbocycles. The minimum Gasteiger partial charge on any atom is -0.343 e. The van der Waals surface area contributed by atoms with E-state index in [1.807, 2.05) is 0 Å². The number of piperidine rings is 2. The lowest BCUT2D eigenvalue weighted by Crippen LogP contribution is -2.49. The topological polar surface area (TPSA) is 58.4 Å². The molecule has 42 heavy (non-hydrogen) atoms. The van der Waals surface area contributed by atoms with Gasteiger partial charge in [0.15, 0.2) is 0 Å². The van der Waals surface area contributed by atoms with Gasteiger partial charge in [0.2, 0.25) is 5.91 Å². The number of Topliss-reactive ketones (excluding diaryl/α,β-unsaturated/α-hetero) is 1. The summed E-state index contributed by atoms with van der Waals surface area (Å²) in [5.41, 5.74) is 3.93. The molecule has 1 amide bonds. The summed E-state index contributed by atoms with van der Waals surface area (Å²) in [7, 11) is 0. The molecule has 2 unspecified atom stereocenters. The van der Waals surface area contributed by atoms with Gasteiger partial charge in [-0.2, -0.15) is 0 Å². The first-order chi connectivity index (χ1) is 20.5. The number of hydrogen-bond acceptors (Lipinski definition) is 4. The Hall–Kier alpha value is -2.99. The van der Waals surface area contributed by atoms with Crippen LogP contribution in [0.2, 0.25) is 0 Å². The third kappa shape index (κ3) is 5.21. The predicted octanol–water partition coefficient (Wildman–Crippen LogP) is 6.61. The fourth-order valence-electron chi connectivity index (χ4n) is 9.06. The summed E-state index contributed by atoms with van der Waals surface area (Å²) >= 11 is 0. The molecule has 4 atom stereocenters. The standard InChI is InChI=1S/C36H46N4O2/c1-26-37-32-12-6-7-13-33(32)40(26)31-24-29-15-16-30(25-31)39(29)22-19-36(28-10-3-2-4-11-28)17-20-38(21-18-36)35(42)23-27-9-5-8-14-34(27)41/h2-4,6-7,10-13,27,29-31H,5,8-9,14-25H2,1H3/t27?,29-,30+,31?. The monoisotopic (exact) mass is 566 g/mol. The van der Waals surface area contributed by atoms with Crippen LogP contribution in [0.5, 0.6) is 0 Å². The average molecular weight is 567 g/mol. The molecule has 3 saturated heterocycles. The Morgan fingerprint density at radius 3 is 2.36 bits per heavy atom. The van der Waals surface area contributed by atoms with Gasteiger partial charge in [0.1, 0.15) is 11.6 Å². The zero-order chi connectivity index (χ0) is 28.7. The van der Waals surface area contributed by atoms with Crippen molar-refractivity contribution in [2.45, 2.75) is 108 Å². The third-order valence-electron chi connectivity index (χ3n) is 11.4. The van der Waals surface area contributed by atoms with Gasteiger partial charge in [-0.25, -0.2) is 4.98 Å². The molecule has 0 spiro atoms. The van der Waals surface area contributed by atoms with Crippen LogP contribution in [0, 0.1) is 12.8 Å². The first-order valence-electron chi connectivity index (χ1n) is 16.6. The fraction of sp³-hybridized carbons (Fsp3) is 0.583. The van der Waals surface area contributed by atoms with Crippen LogP contribution in [0.3, 0.4) is 0 Å². The van der Waals surface area contributed by atoms with Gasteiger partial charge in [0, 0.05) is 50.0 Å². The largest absolute Gasteiger partial charge is 0.343 e. The molecular weight excluding hydrogens is 520 g/mol. The van der Waals surface area contributed by atoms with Gasteiger partial charge >= 0.3 is 0 Å². The van der Waals surface area contributed by atoms with Gasteiger partial charge in [0.05, 0.1) is 11.0 Å². The van der Waals surface area contributed by atoms with Crippen LogP contribution in [-0.2, 0) is 15.0 Å². The molecule has 2 aromatic carbocycles. The molecule has 4 heterocycles. The average Bonchev–Trinajstić information content (AvgIpc) is 3.48. The summed E-state index contributed by atoms with van der Waals surface area (Å²) in [4.78, 5) is 35.4. The number of rotatable bonds is 7. The van der Waals surface area contributed by atoms with Crippen LogP contribution in [0.4, 0.5) is 0 Å². The molecule has 4 aliphatic rings. The number of aromatic nitrogens is 2. The summed E-state index contributed by atoms with van der Waals surface area (Å²) in [5.74, 6) is 1.60. The second-order valence-corrected chi connectivity index (χ2v) is 13.7. The van der Waals surface area contributed by atoms with Gasteiger partial charge in [-0.3, -0.25) is 14.5 Å². The number of amides is 1. The Kier molecular flexibility index (Phi) is 7.68. The summed E-state index contributed by atoms with van der Waals surface area (Å²) in [6.07, 6.45) is 12.2. The third-order valence-corrected chi connectivity index (χ3v) is 11.4. The number of carbonyl (C=O) groups excluding carboxylic acids is 2. The Bertz CT molecular complexity index is 1410. The van der Waals surface area contributed by atoms with Crippen LogP contribution >= 0.6 is 0 Å². The van der Waals surface area contributed by atoms with Crippen molar-refractivity contribution >= 4 is 22.7 Å². The highest BCUT2D eigenvalue weighted by Gasteiger charge is 2.44. The molecule has 0 N–H and O–H groups in total. The highest BCUT2D eigenvalue weighted by Crippen LogP contribution is 2.45. The molecule has 0 radical (unpaired) electrons. The van der Waals surface area contributed by atoms with E-state index in [0.717, 1.165) is 69.5 Å². The van der Waals surface area contributed by atoms with E-state index in [0.29, 0.717) is 36.8 Å². The molecule has 1 saturated carbocycles. The molecule has 3 aliphatic heterocycles. The first-order valence-corrected chi connectivity index (χ1v) is 16.6. The summed E-state index contributed by atoms with van der Waals surface area (Å²) in [5, 5.41) is 0. The van der Waals surface area contributed by atoms with E-state index in [4.69, 9.17) is 4.98 Å². The maximum Gasteiger partial charge on any atom is 0.223 e. The normalized spacial score (nSPS) is 27.9. The van der Waals surface area contributed by atoms with Crippen molar-refractivity contribution in [3.05, 3.63) is 66.0 Å². The lowest BCUT2D eigenvalue weighted by atomic mass is 9.70. The molecule has 1 aromatic heterocycles. The molecule has 6 heteroatoms. The molecule has 222 valence electrons. The highest BCUT2D eigenvalue weighted by molar-refractivity contribution is 5.87. The Morgan fingerprint density at radius 2 is 1.62 bits per heavy atom. The number of hydrogen-bond donors (Lipinski definition) is 0. The number of fused-ring (bicyclic) bond motifs is 3. The van der Waals surface area contributed by atoms with Crippen molar-refractivity contribution < 1.29 is 9.59 Å². The Morgan fingerprint density at radius 1 is 0.905 bits per heavy atom. The van der Waals surface area contributed by atoms with Gasteiger partial charge in [-0.15, -0.1) is 0 Å². The van der Waals surface area contributed by atoms with E-state index in [-0.39, 0.29) is 17.2 Å². The highest BCUT2D eigenvalue weighted by atomic mass is 16.2. The molecule has 3 aromatic rings. The Balaban J connectivity index is 1.03. The maximum absolute atomic E-state index is 13.3. The van der Waals surface area contributed by atoms with Crippen molar-refractivity contribution in [1.29, 1.82) is 0 Å². The summed E-state index contributed by atoms with van der Waals surface area (Å²) in [6, 6.07) is 21.5. The van der Waals surface area contributed by atoms with Crippen LogP contribution in [0.25, 0.3) is 11.0 Å². The van der Waals surface area contributed by atoms with E-state index in [1.165, 1.54) is 36.8 Å².